The number of rotatable bonds is 4. The van der Waals surface area contributed by atoms with Crippen LogP contribution in [-0.2, 0) is 9.59 Å². The summed E-state index contributed by atoms with van der Waals surface area (Å²) in [6.07, 6.45) is -0.544. The van der Waals surface area contributed by atoms with Crippen LogP contribution in [0.4, 0.5) is 0 Å². The molecule has 0 radical (unpaired) electrons. The fraction of sp³-hybridized carbons (Fsp3) is 0.643. The second-order valence-corrected chi connectivity index (χ2v) is 5.89. The zero-order chi connectivity index (χ0) is 15.7. The average molecular weight is 295 g/mol. The van der Waals surface area contributed by atoms with E-state index in [4.69, 9.17) is 10.3 Å². The highest BCUT2D eigenvalue weighted by molar-refractivity contribution is 5.90. The van der Waals surface area contributed by atoms with E-state index in [0.717, 1.165) is 0 Å². The van der Waals surface area contributed by atoms with Crippen molar-refractivity contribution in [2.24, 2.45) is 11.7 Å². The molecule has 1 fully saturated rings. The molecule has 7 heteroatoms. The molecule has 1 aromatic rings. The lowest BCUT2D eigenvalue weighted by Crippen LogP contribution is -2.46. The fourth-order valence-electron chi connectivity index (χ4n) is 2.77. The smallest absolute Gasteiger partial charge is 0.240 e. The van der Waals surface area contributed by atoms with Crippen molar-refractivity contribution in [2.75, 3.05) is 6.54 Å². The van der Waals surface area contributed by atoms with Crippen LogP contribution in [0.25, 0.3) is 0 Å². The number of likely N-dealkylation sites (tertiary alicyclic amines) is 1. The highest BCUT2D eigenvalue weighted by Gasteiger charge is 2.42. The van der Waals surface area contributed by atoms with Crippen LogP contribution in [0.5, 0.6) is 0 Å². The first kappa shape index (κ1) is 15.5. The Morgan fingerprint density at radius 3 is 2.67 bits per heavy atom. The first-order chi connectivity index (χ1) is 9.81. The van der Waals surface area contributed by atoms with Crippen LogP contribution in [-0.4, -0.2) is 45.7 Å². The molecule has 1 aliphatic heterocycles. The predicted molar refractivity (Wildman–Crippen MR) is 74.1 cm³/mol. The van der Waals surface area contributed by atoms with Crippen molar-refractivity contribution in [1.82, 2.24) is 10.1 Å². The first-order valence-electron chi connectivity index (χ1n) is 7.02. The topological polar surface area (TPSA) is 110 Å². The molecule has 0 bridgehead atoms. The molecule has 21 heavy (non-hydrogen) atoms. The Morgan fingerprint density at radius 1 is 1.52 bits per heavy atom. The van der Waals surface area contributed by atoms with Crippen LogP contribution >= 0.6 is 0 Å². The normalized spacial score (nSPS) is 23.6. The molecular weight excluding hydrogens is 274 g/mol. The Bertz CT molecular complexity index is 540. The zero-order valence-electron chi connectivity index (χ0n) is 12.4. The fourth-order valence-corrected chi connectivity index (χ4v) is 2.77. The quantitative estimate of drug-likeness (QED) is 0.822. The zero-order valence-corrected chi connectivity index (χ0v) is 12.4. The molecule has 1 aromatic heterocycles. The maximum Gasteiger partial charge on any atom is 0.240 e. The lowest BCUT2D eigenvalue weighted by atomic mass is 9.91. The number of carbonyl (C=O) groups is 2. The van der Waals surface area contributed by atoms with Crippen LogP contribution in [0.2, 0.25) is 0 Å². The second-order valence-electron chi connectivity index (χ2n) is 5.89. The molecule has 116 valence electrons. The third-order valence-corrected chi connectivity index (χ3v) is 3.78. The molecule has 0 aromatic carbocycles. The summed E-state index contributed by atoms with van der Waals surface area (Å²) in [5, 5.41) is 13.5. The monoisotopic (exact) mass is 295 g/mol. The van der Waals surface area contributed by atoms with Crippen molar-refractivity contribution >= 4 is 11.8 Å². The molecule has 0 saturated carbocycles. The van der Waals surface area contributed by atoms with Gasteiger partial charge in [-0.1, -0.05) is 19.0 Å². The van der Waals surface area contributed by atoms with E-state index < -0.39 is 24.0 Å². The van der Waals surface area contributed by atoms with Gasteiger partial charge in [-0.2, -0.15) is 0 Å². The summed E-state index contributed by atoms with van der Waals surface area (Å²) in [7, 11) is 0. The van der Waals surface area contributed by atoms with E-state index in [0.29, 0.717) is 11.5 Å². The number of hydrogen-bond acceptors (Lipinski definition) is 5. The molecule has 3 N–H and O–H groups in total. The summed E-state index contributed by atoms with van der Waals surface area (Å²) in [6, 6.07) is 0.951. The number of hydrogen-bond donors (Lipinski definition) is 2. The lowest BCUT2D eigenvalue weighted by molar-refractivity contribution is -0.139. The molecule has 0 spiro atoms. The standard InChI is InChI=1S/C14H21N3O4/c1-7(2)12(11-4-8(3)16-21-11)14(20)17-6-9(18)5-10(17)13(15)19/h4,7,9-10,12,18H,5-6H2,1-3H3,(H2,15,19)/t9?,10?,12-/m0/s1. The van der Waals surface area contributed by atoms with Gasteiger partial charge < -0.3 is 20.3 Å². The first-order valence-corrected chi connectivity index (χ1v) is 7.02. The number of β-amino-alcohol motifs (C(OH)–C–C–N with tert-alkyl or cyclic N) is 1. The molecule has 2 rings (SSSR count). The summed E-state index contributed by atoms with van der Waals surface area (Å²) in [6.45, 7) is 5.68. The van der Waals surface area contributed by atoms with Gasteiger partial charge in [0.25, 0.3) is 0 Å². The van der Waals surface area contributed by atoms with Gasteiger partial charge in [0.15, 0.2) is 0 Å². The van der Waals surface area contributed by atoms with Crippen molar-refractivity contribution in [3.8, 4) is 0 Å². The van der Waals surface area contributed by atoms with Crippen LogP contribution in [0.15, 0.2) is 10.6 Å². The third kappa shape index (κ3) is 3.07. The summed E-state index contributed by atoms with van der Waals surface area (Å²) in [4.78, 5) is 25.6. The Balaban J connectivity index is 2.28. The minimum Gasteiger partial charge on any atom is -0.391 e. The van der Waals surface area contributed by atoms with E-state index in [1.165, 1.54) is 4.90 Å². The van der Waals surface area contributed by atoms with Crippen molar-refractivity contribution in [3.63, 3.8) is 0 Å². The van der Waals surface area contributed by atoms with Gasteiger partial charge >= 0.3 is 0 Å². The van der Waals surface area contributed by atoms with E-state index >= 15 is 0 Å². The van der Waals surface area contributed by atoms with Gasteiger partial charge in [-0.15, -0.1) is 0 Å². The van der Waals surface area contributed by atoms with Gasteiger partial charge in [-0.25, -0.2) is 0 Å². The third-order valence-electron chi connectivity index (χ3n) is 3.78. The molecular formula is C14H21N3O4. The van der Waals surface area contributed by atoms with Gasteiger partial charge in [0, 0.05) is 19.0 Å². The van der Waals surface area contributed by atoms with Crippen LogP contribution < -0.4 is 5.73 Å². The SMILES string of the molecule is Cc1cc([C@@H](C(=O)N2CC(O)CC2C(N)=O)C(C)C)on1. The maximum atomic E-state index is 12.8. The highest BCUT2D eigenvalue weighted by atomic mass is 16.5. The summed E-state index contributed by atoms with van der Waals surface area (Å²) in [5.74, 6) is -0.968. The van der Waals surface area contributed by atoms with Crippen molar-refractivity contribution in [2.45, 2.75) is 45.3 Å². The molecule has 2 unspecified atom stereocenters. The minimum atomic E-state index is -0.766. The molecule has 1 aliphatic rings. The number of amides is 2. The van der Waals surface area contributed by atoms with Gasteiger partial charge in [-0.3, -0.25) is 9.59 Å². The van der Waals surface area contributed by atoms with Gasteiger partial charge in [0.05, 0.1) is 11.8 Å². The van der Waals surface area contributed by atoms with E-state index in [2.05, 4.69) is 5.16 Å². The van der Waals surface area contributed by atoms with Crippen molar-refractivity contribution in [1.29, 1.82) is 0 Å². The summed E-state index contributed by atoms with van der Waals surface area (Å²) < 4.78 is 5.21. The Hall–Kier alpha value is -1.89. The molecule has 1 saturated heterocycles. The number of aryl methyl sites for hydroxylation is 1. The molecule has 7 nitrogen and oxygen atoms in total. The number of nitrogens with two attached hydrogens (primary N) is 1. The van der Waals surface area contributed by atoms with Gasteiger partial charge in [0.2, 0.25) is 11.8 Å². The van der Waals surface area contributed by atoms with E-state index in [9.17, 15) is 14.7 Å². The molecule has 2 heterocycles. The van der Waals surface area contributed by atoms with Crippen LogP contribution in [0.1, 0.15) is 37.6 Å². The summed E-state index contributed by atoms with van der Waals surface area (Å²) >= 11 is 0. The van der Waals surface area contributed by atoms with Gasteiger partial charge in [0.1, 0.15) is 17.7 Å². The molecule has 3 atom stereocenters. The number of aliphatic hydroxyl groups is 1. The number of nitrogens with zero attached hydrogens (tertiary/aromatic N) is 2. The minimum absolute atomic E-state index is 0.0314. The molecule has 0 aliphatic carbocycles. The van der Waals surface area contributed by atoms with Crippen LogP contribution in [0, 0.1) is 12.8 Å². The number of aromatic nitrogens is 1. The van der Waals surface area contributed by atoms with Gasteiger partial charge in [-0.05, 0) is 12.8 Å². The average Bonchev–Trinajstić information content (AvgIpc) is 2.95. The van der Waals surface area contributed by atoms with E-state index in [-0.39, 0.29) is 24.8 Å². The Morgan fingerprint density at radius 2 is 2.19 bits per heavy atom. The van der Waals surface area contributed by atoms with E-state index in [1.54, 1.807) is 13.0 Å². The van der Waals surface area contributed by atoms with Crippen LogP contribution in [0.3, 0.4) is 0 Å². The highest BCUT2D eigenvalue weighted by Crippen LogP contribution is 2.30. The Labute approximate surface area is 123 Å². The maximum absolute atomic E-state index is 12.8. The van der Waals surface area contributed by atoms with Crippen molar-refractivity contribution in [3.05, 3.63) is 17.5 Å². The Kier molecular flexibility index (Phi) is 4.32. The summed E-state index contributed by atoms with van der Waals surface area (Å²) in [5.41, 5.74) is 6.02. The van der Waals surface area contributed by atoms with Crippen molar-refractivity contribution < 1.29 is 19.2 Å². The number of primary amides is 1. The predicted octanol–water partition coefficient (Wildman–Crippen LogP) is 0.170. The largest absolute Gasteiger partial charge is 0.391 e. The number of aliphatic hydroxyl groups excluding tert-OH is 1. The number of carbonyl (C=O) groups excluding carboxylic acids is 2. The van der Waals surface area contributed by atoms with E-state index in [1.807, 2.05) is 13.8 Å². The molecule has 2 amide bonds. The second kappa shape index (κ2) is 5.85. The lowest BCUT2D eigenvalue weighted by Gasteiger charge is -2.27.